The number of benzene rings is 1. The summed E-state index contributed by atoms with van der Waals surface area (Å²) in [6.07, 6.45) is -4.38. The molecule has 1 aromatic rings. The highest BCUT2D eigenvalue weighted by Gasteiger charge is 2.32. The van der Waals surface area contributed by atoms with Crippen LogP contribution >= 0.6 is 11.8 Å². The molecule has 1 unspecified atom stereocenters. The van der Waals surface area contributed by atoms with Crippen molar-refractivity contribution < 1.29 is 18.0 Å². The van der Waals surface area contributed by atoms with Gasteiger partial charge in [-0.2, -0.15) is 13.2 Å². The number of amides is 1. The van der Waals surface area contributed by atoms with Crippen molar-refractivity contribution in [3.05, 3.63) is 47.5 Å². The number of aliphatic imine (C=N–C) groups is 1. The summed E-state index contributed by atoms with van der Waals surface area (Å²) < 4.78 is 38.2. The number of thioether (sulfide) groups is 1. The van der Waals surface area contributed by atoms with Crippen molar-refractivity contribution in [2.24, 2.45) is 4.99 Å². The summed E-state index contributed by atoms with van der Waals surface area (Å²) in [5, 5.41) is 2.63. The summed E-state index contributed by atoms with van der Waals surface area (Å²) in [7, 11) is 0. The molecule has 1 heterocycles. The van der Waals surface area contributed by atoms with E-state index in [1.165, 1.54) is 17.8 Å². The highest BCUT2D eigenvalue weighted by molar-refractivity contribution is 8.15. The number of nitrogens with zero attached hydrogens (tertiary/aromatic N) is 1. The second kappa shape index (κ2) is 6.16. The van der Waals surface area contributed by atoms with Crippen molar-refractivity contribution in [2.45, 2.75) is 31.3 Å². The van der Waals surface area contributed by atoms with Crippen LogP contribution in [0, 0.1) is 0 Å². The number of hydrogen-bond acceptors (Lipinski definition) is 3. The molecular weight excluding hydrogens is 313 g/mol. The van der Waals surface area contributed by atoms with Crippen molar-refractivity contribution >= 4 is 22.8 Å². The molecule has 0 saturated carbocycles. The van der Waals surface area contributed by atoms with Gasteiger partial charge in [0.25, 0.3) is 0 Å². The normalized spacial score (nSPS) is 21.8. The van der Waals surface area contributed by atoms with Gasteiger partial charge in [-0.25, -0.2) is 0 Å². The van der Waals surface area contributed by atoms with Gasteiger partial charge in [-0.1, -0.05) is 36.0 Å². The number of carbonyl (C=O) groups excluding carboxylic acids is 1. The molecule has 118 valence electrons. The van der Waals surface area contributed by atoms with E-state index in [2.05, 4.69) is 16.9 Å². The van der Waals surface area contributed by atoms with Crippen LogP contribution in [-0.2, 0) is 11.0 Å². The molecule has 1 N–H and O–H groups in total. The lowest BCUT2D eigenvalue weighted by Crippen LogP contribution is -2.25. The maximum Gasteiger partial charge on any atom is 0.416 e. The maximum absolute atomic E-state index is 12.7. The van der Waals surface area contributed by atoms with Gasteiger partial charge in [-0.3, -0.25) is 9.79 Å². The summed E-state index contributed by atoms with van der Waals surface area (Å²) in [5.41, 5.74) is 0.440. The number of nitrogens with one attached hydrogen (secondary N) is 1. The Morgan fingerprint density at radius 3 is 2.68 bits per heavy atom. The van der Waals surface area contributed by atoms with Crippen molar-refractivity contribution in [1.82, 2.24) is 5.32 Å². The molecule has 1 fully saturated rings. The fraction of sp³-hybridized carbons (Fsp3) is 0.333. The summed E-state index contributed by atoms with van der Waals surface area (Å²) in [6, 6.07) is 4.54. The van der Waals surface area contributed by atoms with E-state index < -0.39 is 23.0 Å². The number of halogens is 3. The van der Waals surface area contributed by atoms with E-state index in [1.54, 1.807) is 19.9 Å². The van der Waals surface area contributed by atoms with Crippen LogP contribution in [0.1, 0.15) is 31.0 Å². The van der Waals surface area contributed by atoms with Gasteiger partial charge in [0.05, 0.1) is 11.6 Å². The minimum atomic E-state index is -4.38. The van der Waals surface area contributed by atoms with Crippen LogP contribution in [0.25, 0.3) is 0 Å². The van der Waals surface area contributed by atoms with E-state index in [-0.39, 0.29) is 5.91 Å². The minimum Gasteiger partial charge on any atom is -0.304 e. The average Bonchev–Trinajstić information content (AvgIpc) is 2.79. The van der Waals surface area contributed by atoms with Crippen LogP contribution < -0.4 is 5.32 Å². The standard InChI is InChI=1S/C15H15F3N2OS/c1-8(2)12-13(21)20-14(22-12)19-9(3)10-5-4-6-11(7-10)15(16,17)18/h4-7,9,12H,1H2,2-3H3,(H,19,20,21)/t9-,12?/m0/s1. The third-order valence-corrected chi connectivity index (χ3v) is 4.44. The Balaban J connectivity index is 2.20. The molecule has 2 rings (SSSR count). The Morgan fingerprint density at radius 2 is 2.14 bits per heavy atom. The van der Waals surface area contributed by atoms with Gasteiger partial charge in [0.2, 0.25) is 5.91 Å². The Hall–Kier alpha value is -1.76. The predicted octanol–water partition coefficient (Wildman–Crippen LogP) is 3.93. The quantitative estimate of drug-likeness (QED) is 0.854. The Morgan fingerprint density at radius 1 is 1.45 bits per heavy atom. The van der Waals surface area contributed by atoms with E-state index in [4.69, 9.17) is 0 Å². The number of rotatable bonds is 3. The minimum absolute atomic E-state index is 0.201. The molecule has 2 atom stereocenters. The predicted molar refractivity (Wildman–Crippen MR) is 81.6 cm³/mol. The number of alkyl halides is 3. The summed E-state index contributed by atoms with van der Waals surface area (Å²) >= 11 is 1.23. The molecule has 22 heavy (non-hydrogen) atoms. The van der Waals surface area contributed by atoms with Crippen molar-refractivity contribution in [2.75, 3.05) is 0 Å². The molecule has 0 aromatic heterocycles. The lowest BCUT2D eigenvalue weighted by molar-refractivity contribution is -0.137. The number of carbonyl (C=O) groups is 1. The molecule has 0 bridgehead atoms. The van der Waals surface area contributed by atoms with Gasteiger partial charge in [0.1, 0.15) is 5.25 Å². The fourth-order valence-corrected chi connectivity index (χ4v) is 2.95. The first kappa shape index (κ1) is 16.6. The Bertz CT molecular complexity index is 640. The maximum atomic E-state index is 12.7. The van der Waals surface area contributed by atoms with Crippen LogP contribution in [0.15, 0.2) is 41.4 Å². The Labute approximate surface area is 130 Å². The van der Waals surface area contributed by atoms with Crippen LogP contribution in [0.3, 0.4) is 0 Å². The molecule has 1 saturated heterocycles. The van der Waals surface area contributed by atoms with Crippen LogP contribution in [0.4, 0.5) is 13.2 Å². The zero-order chi connectivity index (χ0) is 16.5. The van der Waals surface area contributed by atoms with Crippen molar-refractivity contribution in [3.63, 3.8) is 0 Å². The second-order valence-corrected chi connectivity index (χ2v) is 6.16. The Kier molecular flexibility index (Phi) is 4.65. The van der Waals surface area contributed by atoms with Crippen LogP contribution in [-0.4, -0.2) is 16.3 Å². The average molecular weight is 328 g/mol. The van der Waals surface area contributed by atoms with Gasteiger partial charge in [0.15, 0.2) is 5.17 Å². The smallest absolute Gasteiger partial charge is 0.304 e. The highest BCUT2D eigenvalue weighted by Crippen LogP contribution is 2.32. The molecule has 1 aliphatic heterocycles. The largest absolute Gasteiger partial charge is 0.416 e. The molecule has 7 heteroatoms. The number of amidine groups is 1. The van der Waals surface area contributed by atoms with Gasteiger partial charge in [-0.15, -0.1) is 0 Å². The molecule has 3 nitrogen and oxygen atoms in total. The van der Waals surface area contributed by atoms with E-state index in [1.807, 2.05) is 0 Å². The molecule has 0 radical (unpaired) electrons. The number of hydrogen-bond donors (Lipinski definition) is 1. The van der Waals surface area contributed by atoms with E-state index in [0.717, 1.165) is 12.1 Å². The highest BCUT2D eigenvalue weighted by atomic mass is 32.2. The monoisotopic (exact) mass is 328 g/mol. The molecule has 1 aliphatic rings. The second-order valence-electron chi connectivity index (χ2n) is 5.07. The molecular formula is C15H15F3N2OS. The summed E-state index contributed by atoms with van der Waals surface area (Å²) in [4.78, 5) is 16.0. The molecule has 1 amide bonds. The molecule has 0 spiro atoms. The summed E-state index contributed by atoms with van der Waals surface area (Å²) in [5.74, 6) is -0.201. The molecule has 1 aromatic carbocycles. The van der Waals surface area contributed by atoms with E-state index >= 15 is 0 Å². The van der Waals surface area contributed by atoms with E-state index in [9.17, 15) is 18.0 Å². The van der Waals surface area contributed by atoms with Gasteiger partial charge < -0.3 is 5.32 Å². The van der Waals surface area contributed by atoms with Crippen LogP contribution in [0.5, 0.6) is 0 Å². The first-order valence-electron chi connectivity index (χ1n) is 6.56. The van der Waals surface area contributed by atoms with Gasteiger partial charge >= 0.3 is 6.18 Å². The van der Waals surface area contributed by atoms with Crippen LogP contribution in [0.2, 0.25) is 0 Å². The zero-order valence-electron chi connectivity index (χ0n) is 12.1. The molecule has 0 aliphatic carbocycles. The lowest BCUT2D eigenvalue weighted by Gasteiger charge is -2.12. The van der Waals surface area contributed by atoms with Gasteiger partial charge in [0, 0.05) is 0 Å². The van der Waals surface area contributed by atoms with Crippen molar-refractivity contribution in [1.29, 1.82) is 0 Å². The van der Waals surface area contributed by atoms with Gasteiger partial charge in [-0.05, 0) is 31.5 Å². The third-order valence-electron chi connectivity index (χ3n) is 3.15. The third kappa shape index (κ3) is 3.71. The SMILES string of the molecule is C=C(C)C1SC(=N[C@@H](C)c2cccc(C(F)(F)F)c2)NC1=O. The lowest BCUT2D eigenvalue weighted by atomic mass is 10.1. The fourth-order valence-electron chi connectivity index (χ4n) is 1.98. The first-order chi connectivity index (χ1) is 10.2. The first-order valence-corrected chi connectivity index (χ1v) is 7.44. The topological polar surface area (TPSA) is 41.5 Å². The van der Waals surface area contributed by atoms with E-state index in [0.29, 0.717) is 16.3 Å². The zero-order valence-corrected chi connectivity index (χ0v) is 12.9. The summed E-state index contributed by atoms with van der Waals surface area (Å²) in [6.45, 7) is 7.17. The van der Waals surface area contributed by atoms with Crippen molar-refractivity contribution in [3.8, 4) is 0 Å².